The third-order valence-corrected chi connectivity index (χ3v) is 2.84. The van der Waals surface area contributed by atoms with Gasteiger partial charge in [-0.1, -0.05) is 0 Å². The van der Waals surface area contributed by atoms with Gasteiger partial charge < -0.3 is 5.73 Å². The van der Waals surface area contributed by atoms with Crippen LogP contribution in [0.25, 0.3) is 10.2 Å². The standard InChI is InChI=1S/C9H8F3N3S/c10-9(11,12)3-1-6-14-7(13)5-2-4-16-8(5)15-6/h2,4H,1,3H2,(H2,13,14,15). The molecule has 0 radical (unpaired) electrons. The van der Waals surface area contributed by atoms with E-state index in [1.807, 2.05) is 0 Å². The van der Waals surface area contributed by atoms with Crippen LogP contribution >= 0.6 is 11.3 Å². The maximum absolute atomic E-state index is 12.0. The number of aromatic nitrogens is 2. The highest BCUT2D eigenvalue weighted by atomic mass is 32.1. The summed E-state index contributed by atoms with van der Waals surface area (Å²) < 4.78 is 36.0. The predicted octanol–water partition coefficient (Wildman–Crippen LogP) is 2.77. The van der Waals surface area contributed by atoms with Crippen molar-refractivity contribution in [3.05, 3.63) is 17.3 Å². The lowest BCUT2D eigenvalue weighted by atomic mass is 10.3. The SMILES string of the molecule is Nc1nc(CCC(F)(F)F)nc2sccc12. The highest BCUT2D eigenvalue weighted by molar-refractivity contribution is 7.16. The number of nitrogens with two attached hydrogens (primary N) is 1. The topological polar surface area (TPSA) is 51.8 Å². The second kappa shape index (κ2) is 3.89. The third kappa shape index (κ3) is 2.41. The van der Waals surface area contributed by atoms with Crippen molar-refractivity contribution in [2.45, 2.75) is 19.0 Å². The molecule has 7 heteroatoms. The number of fused-ring (bicyclic) bond motifs is 1. The van der Waals surface area contributed by atoms with E-state index in [4.69, 9.17) is 5.73 Å². The number of anilines is 1. The second-order valence-corrected chi connectivity index (χ2v) is 4.17. The van der Waals surface area contributed by atoms with Crippen molar-refractivity contribution in [1.82, 2.24) is 9.97 Å². The molecule has 0 aromatic carbocycles. The Morgan fingerprint density at radius 1 is 1.31 bits per heavy atom. The molecule has 0 spiro atoms. The number of alkyl halides is 3. The third-order valence-electron chi connectivity index (χ3n) is 2.03. The Morgan fingerprint density at radius 3 is 2.75 bits per heavy atom. The van der Waals surface area contributed by atoms with Crippen LogP contribution in [-0.4, -0.2) is 16.1 Å². The minimum Gasteiger partial charge on any atom is -0.383 e. The van der Waals surface area contributed by atoms with Gasteiger partial charge in [0.05, 0.1) is 11.8 Å². The smallest absolute Gasteiger partial charge is 0.383 e. The monoisotopic (exact) mass is 247 g/mol. The van der Waals surface area contributed by atoms with Crippen molar-refractivity contribution >= 4 is 27.4 Å². The Bertz CT molecular complexity index is 506. The van der Waals surface area contributed by atoms with E-state index >= 15 is 0 Å². The van der Waals surface area contributed by atoms with E-state index in [0.717, 1.165) is 0 Å². The van der Waals surface area contributed by atoms with Crippen LogP contribution in [0.15, 0.2) is 11.4 Å². The molecule has 0 aliphatic rings. The lowest BCUT2D eigenvalue weighted by Gasteiger charge is -2.05. The van der Waals surface area contributed by atoms with E-state index in [9.17, 15) is 13.2 Å². The quantitative estimate of drug-likeness (QED) is 0.887. The Morgan fingerprint density at radius 2 is 2.06 bits per heavy atom. The van der Waals surface area contributed by atoms with Crippen LogP contribution in [0.2, 0.25) is 0 Å². The largest absolute Gasteiger partial charge is 0.389 e. The molecule has 3 nitrogen and oxygen atoms in total. The zero-order valence-electron chi connectivity index (χ0n) is 8.08. The van der Waals surface area contributed by atoms with Crippen LogP contribution in [0.1, 0.15) is 12.2 Å². The molecule has 0 amide bonds. The van der Waals surface area contributed by atoms with Gasteiger partial charge in [-0.25, -0.2) is 9.97 Å². The Kier molecular flexibility index (Phi) is 2.71. The molecule has 2 aromatic heterocycles. The lowest BCUT2D eigenvalue weighted by molar-refractivity contribution is -0.134. The molecule has 2 rings (SSSR count). The minimum atomic E-state index is -4.19. The van der Waals surface area contributed by atoms with Crippen LogP contribution in [-0.2, 0) is 6.42 Å². The van der Waals surface area contributed by atoms with Crippen molar-refractivity contribution in [1.29, 1.82) is 0 Å². The van der Waals surface area contributed by atoms with Gasteiger partial charge in [0.25, 0.3) is 0 Å². The van der Waals surface area contributed by atoms with Crippen molar-refractivity contribution in [3.8, 4) is 0 Å². The molecular weight excluding hydrogens is 239 g/mol. The number of hydrogen-bond acceptors (Lipinski definition) is 4. The number of halogens is 3. The first kappa shape index (κ1) is 11.1. The number of thiophene rings is 1. The van der Waals surface area contributed by atoms with Gasteiger partial charge in [-0.2, -0.15) is 13.2 Å². The van der Waals surface area contributed by atoms with Gasteiger partial charge in [0, 0.05) is 6.42 Å². The van der Waals surface area contributed by atoms with Gasteiger partial charge in [0.15, 0.2) is 0 Å². The van der Waals surface area contributed by atoms with E-state index in [2.05, 4.69) is 9.97 Å². The van der Waals surface area contributed by atoms with Gasteiger partial charge >= 0.3 is 6.18 Å². The summed E-state index contributed by atoms with van der Waals surface area (Å²) in [5.74, 6) is 0.383. The highest BCUT2D eigenvalue weighted by Crippen LogP contribution is 2.25. The summed E-state index contributed by atoms with van der Waals surface area (Å²) in [6, 6.07) is 1.75. The molecule has 0 aliphatic carbocycles. The summed E-state index contributed by atoms with van der Waals surface area (Å²) in [6.45, 7) is 0. The van der Waals surface area contributed by atoms with Gasteiger partial charge in [-0.3, -0.25) is 0 Å². The van der Waals surface area contributed by atoms with E-state index in [1.165, 1.54) is 11.3 Å². The first-order chi connectivity index (χ1) is 7.46. The number of rotatable bonds is 2. The number of nitrogen functional groups attached to an aromatic ring is 1. The summed E-state index contributed by atoms with van der Waals surface area (Å²) in [5, 5.41) is 2.48. The lowest BCUT2D eigenvalue weighted by Crippen LogP contribution is -2.10. The van der Waals surface area contributed by atoms with Crippen LogP contribution in [0.3, 0.4) is 0 Å². The summed E-state index contributed by atoms with van der Waals surface area (Å²) >= 11 is 1.34. The Balaban J connectivity index is 2.25. The van der Waals surface area contributed by atoms with Gasteiger partial charge in [-0.05, 0) is 11.4 Å². The van der Waals surface area contributed by atoms with Crippen molar-refractivity contribution in [3.63, 3.8) is 0 Å². The van der Waals surface area contributed by atoms with Gasteiger partial charge in [-0.15, -0.1) is 11.3 Å². The average Bonchev–Trinajstić information content (AvgIpc) is 2.62. The van der Waals surface area contributed by atoms with Crippen LogP contribution in [0, 0.1) is 0 Å². The molecule has 86 valence electrons. The van der Waals surface area contributed by atoms with Crippen molar-refractivity contribution in [2.24, 2.45) is 0 Å². The number of nitrogens with zero attached hydrogens (tertiary/aromatic N) is 2. The van der Waals surface area contributed by atoms with E-state index in [-0.39, 0.29) is 18.1 Å². The van der Waals surface area contributed by atoms with Crippen molar-refractivity contribution < 1.29 is 13.2 Å². The fraction of sp³-hybridized carbons (Fsp3) is 0.333. The summed E-state index contributed by atoms with van der Waals surface area (Å²) in [5.41, 5.74) is 5.62. The highest BCUT2D eigenvalue weighted by Gasteiger charge is 2.27. The second-order valence-electron chi connectivity index (χ2n) is 3.28. The van der Waals surface area contributed by atoms with Crippen LogP contribution in [0.5, 0.6) is 0 Å². The maximum Gasteiger partial charge on any atom is 0.389 e. The molecule has 0 bridgehead atoms. The van der Waals surface area contributed by atoms with Crippen LogP contribution < -0.4 is 5.73 Å². The zero-order valence-corrected chi connectivity index (χ0v) is 8.90. The molecule has 0 saturated carbocycles. The van der Waals surface area contributed by atoms with Gasteiger partial charge in [0.1, 0.15) is 16.5 Å². The molecule has 2 aromatic rings. The average molecular weight is 247 g/mol. The summed E-state index contributed by atoms with van der Waals surface area (Å²) in [6.07, 6.45) is -5.35. The first-order valence-corrected chi connectivity index (χ1v) is 5.40. The molecule has 0 saturated heterocycles. The number of aryl methyl sites for hydroxylation is 1. The van der Waals surface area contributed by atoms with E-state index in [1.54, 1.807) is 11.4 Å². The maximum atomic E-state index is 12.0. The molecule has 0 atom stereocenters. The Hall–Kier alpha value is -1.37. The molecule has 0 aliphatic heterocycles. The Labute approximate surface area is 93.1 Å². The van der Waals surface area contributed by atoms with E-state index < -0.39 is 12.6 Å². The fourth-order valence-electron chi connectivity index (χ4n) is 1.29. The molecule has 0 fully saturated rings. The van der Waals surface area contributed by atoms with Crippen molar-refractivity contribution in [2.75, 3.05) is 5.73 Å². The van der Waals surface area contributed by atoms with E-state index in [0.29, 0.717) is 10.2 Å². The van der Waals surface area contributed by atoms with Gasteiger partial charge in [0.2, 0.25) is 0 Å². The predicted molar refractivity (Wildman–Crippen MR) is 56.2 cm³/mol. The normalized spacial score (nSPS) is 12.2. The summed E-state index contributed by atoms with van der Waals surface area (Å²) in [7, 11) is 0. The zero-order chi connectivity index (χ0) is 11.8. The fourth-order valence-corrected chi connectivity index (χ4v) is 2.08. The molecule has 2 heterocycles. The first-order valence-electron chi connectivity index (χ1n) is 4.52. The molecular formula is C9H8F3N3S. The molecule has 16 heavy (non-hydrogen) atoms. The molecule has 2 N–H and O–H groups in total. The minimum absolute atomic E-state index is 0.143. The molecule has 0 unspecified atom stereocenters. The number of hydrogen-bond donors (Lipinski definition) is 1. The summed E-state index contributed by atoms with van der Waals surface area (Å²) in [4.78, 5) is 8.51. The van der Waals surface area contributed by atoms with Crippen LogP contribution in [0.4, 0.5) is 19.0 Å².